The summed E-state index contributed by atoms with van der Waals surface area (Å²) in [4.78, 5) is 27.5. The number of nitrogens with one attached hydrogen (secondary N) is 2. The van der Waals surface area contributed by atoms with Crippen molar-refractivity contribution in [2.24, 2.45) is 0 Å². The Balaban J connectivity index is 2.64. The molecule has 7 heteroatoms. The van der Waals surface area contributed by atoms with Crippen LogP contribution in [0.2, 0.25) is 0 Å². The summed E-state index contributed by atoms with van der Waals surface area (Å²) >= 11 is 0. The third kappa shape index (κ3) is 5.45. The van der Waals surface area contributed by atoms with E-state index in [1.807, 2.05) is 6.92 Å². The first-order chi connectivity index (χ1) is 9.74. The maximum absolute atomic E-state index is 11.8. The van der Waals surface area contributed by atoms with E-state index in [0.29, 0.717) is 6.54 Å². The van der Waals surface area contributed by atoms with Crippen LogP contribution >= 0.6 is 0 Å². The van der Waals surface area contributed by atoms with Crippen LogP contribution in [0.4, 0.5) is 4.79 Å². The van der Waals surface area contributed by atoms with Crippen LogP contribution in [0.3, 0.4) is 0 Å². The SMILES string of the molecule is CCNC(=O)C(C)n1cncc1CNC(=O)OC(C)(C)C. The van der Waals surface area contributed by atoms with E-state index in [9.17, 15) is 9.59 Å². The van der Waals surface area contributed by atoms with Crippen LogP contribution in [-0.2, 0) is 16.1 Å². The second kappa shape index (κ2) is 7.10. The number of amides is 2. The second-order valence-corrected chi connectivity index (χ2v) is 5.72. The van der Waals surface area contributed by atoms with Crippen LogP contribution in [-0.4, -0.2) is 33.7 Å². The minimum absolute atomic E-state index is 0.0889. The third-order valence-electron chi connectivity index (χ3n) is 2.71. The maximum atomic E-state index is 11.8. The molecule has 0 radical (unpaired) electrons. The molecule has 21 heavy (non-hydrogen) atoms. The summed E-state index contributed by atoms with van der Waals surface area (Å²) < 4.78 is 6.89. The van der Waals surface area contributed by atoms with E-state index in [1.165, 1.54) is 0 Å². The molecule has 0 aromatic carbocycles. The van der Waals surface area contributed by atoms with Gasteiger partial charge in [-0.1, -0.05) is 0 Å². The molecule has 0 aliphatic rings. The van der Waals surface area contributed by atoms with E-state index in [4.69, 9.17) is 4.74 Å². The molecule has 1 unspecified atom stereocenters. The number of carbonyl (C=O) groups excluding carboxylic acids is 2. The van der Waals surface area contributed by atoms with E-state index >= 15 is 0 Å². The Kier molecular flexibility index (Phi) is 5.75. The van der Waals surface area contributed by atoms with Crippen molar-refractivity contribution >= 4 is 12.0 Å². The van der Waals surface area contributed by atoms with Crippen molar-refractivity contribution in [1.29, 1.82) is 0 Å². The first-order valence-corrected chi connectivity index (χ1v) is 7.00. The highest BCUT2D eigenvalue weighted by atomic mass is 16.6. The smallest absolute Gasteiger partial charge is 0.407 e. The van der Waals surface area contributed by atoms with Gasteiger partial charge >= 0.3 is 6.09 Å². The van der Waals surface area contributed by atoms with Gasteiger partial charge in [0.25, 0.3) is 0 Å². The Morgan fingerprint density at radius 2 is 2.05 bits per heavy atom. The molecule has 2 amide bonds. The van der Waals surface area contributed by atoms with Crippen LogP contribution in [0.5, 0.6) is 0 Å². The molecular formula is C14H24N4O3. The molecule has 0 bridgehead atoms. The van der Waals surface area contributed by atoms with Crippen LogP contribution in [0.15, 0.2) is 12.5 Å². The van der Waals surface area contributed by atoms with Gasteiger partial charge in [-0.2, -0.15) is 0 Å². The number of likely N-dealkylation sites (N-methyl/N-ethyl adjacent to an activating group) is 1. The highest BCUT2D eigenvalue weighted by molar-refractivity contribution is 5.79. The lowest BCUT2D eigenvalue weighted by Crippen LogP contribution is -2.34. The Labute approximate surface area is 125 Å². The summed E-state index contributed by atoms with van der Waals surface area (Å²) in [6.45, 7) is 9.87. The Hall–Kier alpha value is -2.05. The van der Waals surface area contributed by atoms with Crippen LogP contribution in [0, 0.1) is 0 Å². The summed E-state index contributed by atoms with van der Waals surface area (Å²) in [5.74, 6) is -0.0889. The molecule has 0 saturated heterocycles. The molecule has 0 aliphatic carbocycles. The van der Waals surface area contributed by atoms with E-state index in [1.54, 1.807) is 44.8 Å². The van der Waals surface area contributed by atoms with Gasteiger partial charge in [-0.15, -0.1) is 0 Å². The summed E-state index contributed by atoms with van der Waals surface area (Å²) in [6.07, 6.45) is 2.69. The molecule has 1 aromatic heterocycles. The van der Waals surface area contributed by atoms with E-state index < -0.39 is 11.7 Å². The fraction of sp³-hybridized carbons (Fsp3) is 0.643. The number of alkyl carbamates (subject to hydrolysis) is 1. The number of aromatic nitrogens is 2. The van der Waals surface area contributed by atoms with Gasteiger partial charge < -0.3 is 19.9 Å². The fourth-order valence-corrected chi connectivity index (χ4v) is 1.74. The number of hydrogen-bond acceptors (Lipinski definition) is 4. The normalized spacial score (nSPS) is 12.6. The summed E-state index contributed by atoms with van der Waals surface area (Å²) in [7, 11) is 0. The predicted octanol–water partition coefficient (Wildman–Crippen LogP) is 1.60. The first-order valence-electron chi connectivity index (χ1n) is 7.00. The molecule has 7 nitrogen and oxygen atoms in total. The van der Waals surface area contributed by atoms with Crippen molar-refractivity contribution in [3.8, 4) is 0 Å². The highest BCUT2D eigenvalue weighted by Gasteiger charge is 2.19. The van der Waals surface area contributed by atoms with Crippen molar-refractivity contribution in [3.63, 3.8) is 0 Å². The topological polar surface area (TPSA) is 85.3 Å². The number of rotatable bonds is 5. The minimum atomic E-state index is -0.543. The molecule has 1 aromatic rings. The molecule has 1 heterocycles. The van der Waals surface area contributed by atoms with Gasteiger partial charge in [0, 0.05) is 12.7 Å². The van der Waals surface area contributed by atoms with Crippen molar-refractivity contribution in [1.82, 2.24) is 20.2 Å². The molecule has 0 spiro atoms. The van der Waals surface area contributed by atoms with Gasteiger partial charge in [-0.25, -0.2) is 9.78 Å². The van der Waals surface area contributed by atoms with Crippen molar-refractivity contribution in [3.05, 3.63) is 18.2 Å². The average Bonchev–Trinajstić information content (AvgIpc) is 2.81. The largest absolute Gasteiger partial charge is 0.444 e. The molecule has 1 rings (SSSR count). The third-order valence-corrected chi connectivity index (χ3v) is 2.71. The minimum Gasteiger partial charge on any atom is -0.444 e. The van der Waals surface area contributed by atoms with E-state index in [2.05, 4.69) is 15.6 Å². The molecule has 1 atom stereocenters. The summed E-state index contributed by atoms with van der Waals surface area (Å²) in [6, 6.07) is -0.386. The lowest BCUT2D eigenvalue weighted by molar-refractivity contribution is -0.123. The maximum Gasteiger partial charge on any atom is 0.407 e. The Morgan fingerprint density at radius 1 is 1.38 bits per heavy atom. The van der Waals surface area contributed by atoms with Gasteiger partial charge in [0.05, 0.1) is 18.6 Å². The number of ether oxygens (including phenoxy) is 1. The Morgan fingerprint density at radius 3 is 2.62 bits per heavy atom. The summed E-state index contributed by atoms with van der Waals surface area (Å²) in [5.41, 5.74) is 0.193. The van der Waals surface area contributed by atoms with Crippen molar-refractivity contribution < 1.29 is 14.3 Å². The second-order valence-electron chi connectivity index (χ2n) is 5.72. The molecule has 0 fully saturated rings. The summed E-state index contributed by atoms with van der Waals surface area (Å²) in [5, 5.41) is 5.41. The highest BCUT2D eigenvalue weighted by Crippen LogP contribution is 2.11. The molecule has 0 saturated carbocycles. The predicted molar refractivity (Wildman–Crippen MR) is 78.7 cm³/mol. The Bertz CT molecular complexity index is 491. The van der Waals surface area contributed by atoms with Crippen LogP contribution in [0.25, 0.3) is 0 Å². The van der Waals surface area contributed by atoms with Crippen molar-refractivity contribution in [2.45, 2.75) is 52.8 Å². The number of hydrogen-bond donors (Lipinski definition) is 2. The zero-order chi connectivity index (χ0) is 16.0. The molecule has 118 valence electrons. The molecular weight excluding hydrogens is 272 g/mol. The first kappa shape index (κ1) is 17.0. The van der Waals surface area contributed by atoms with Gasteiger partial charge in [-0.3, -0.25) is 4.79 Å². The monoisotopic (exact) mass is 296 g/mol. The average molecular weight is 296 g/mol. The lowest BCUT2D eigenvalue weighted by Gasteiger charge is -2.20. The van der Waals surface area contributed by atoms with Crippen molar-refractivity contribution in [2.75, 3.05) is 6.54 Å². The van der Waals surface area contributed by atoms with Gasteiger partial charge in [0.2, 0.25) is 5.91 Å². The van der Waals surface area contributed by atoms with Crippen LogP contribution < -0.4 is 10.6 Å². The lowest BCUT2D eigenvalue weighted by atomic mass is 10.2. The van der Waals surface area contributed by atoms with Gasteiger partial charge in [0.1, 0.15) is 11.6 Å². The number of carbonyl (C=O) groups is 2. The van der Waals surface area contributed by atoms with E-state index in [0.717, 1.165) is 5.69 Å². The zero-order valence-electron chi connectivity index (χ0n) is 13.3. The molecule has 2 N–H and O–H groups in total. The standard InChI is InChI=1S/C14H24N4O3/c1-6-16-12(19)10(2)18-9-15-7-11(18)8-17-13(20)21-14(3,4)5/h7,9-10H,6,8H2,1-5H3,(H,16,19)(H,17,20). The van der Waals surface area contributed by atoms with Gasteiger partial charge in [-0.05, 0) is 34.6 Å². The quantitative estimate of drug-likeness (QED) is 0.864. The fourth-order valence-electron chi connectivity index (χ4n) is 1.74. The van der Waals surface area contributed by atoms with Crippen LogP contribution in [0.1, 0.15) is 46.4 Å². The molecule has 0 aliphatic heterocycles. The number of nitrogens with zero attached hydrogens (tertiary/aromatic N) is 2. The van der Waals surface area contributed by atoms with E-state index in [-0.39, 0.29) is 18.5 Å². The zero-order valence-corrected chi connectivity index (χ0v) is 13.3. The van der Waals surface area contributed by atoms with Gasteiger partial charge in [0.15, 0.2) is 0 Å². The number of imidazole rings is 1.